The number of piperazine rings is 2. The Bertz CT molecular complexity index is 2200. The van der Waals surface area contributed by atoms with Crippen molar-refractivity contribution in [2.24, 2.45) is 11.5 Å². The molecule has 308 valence electrons. The molecule has 0 aliphatic carbocycles. The highest BCUT2D eigenvalue weighted by molar-refractivity contribution is 6.62. The minimum absolute atomic E-state index is 0.0839. The maximum Gasteiger partial charge on any atom is 0.412 e. The fourth-order valence-electron chi connectivity index (χ4n) is 6.05. The Morgan fingerprint density at radius 2 is 1.03 bits per heavy atom. The number of nitrogens with two attached hydrogens (primary N) is 2. The number of rotatable bonds is 3. The van der Waals surface area contributed by atoms with Crippen LogP contribution < -0.4 is 21.3 Å². The second kappa shape index (κ2) is 18.4. The molecule has 8 amide bonds. The number of hydrogen-bond acceptors (Lipinski definition) is 14. The number of ether oxygens (including phenoxy) is 1. The van der Waals surface area contributed by atoms with E-state index in [1.807, 2.05) is 0 Å². The van der Waals surface area contributed by atoms with E-state index in [2.05, 4.69) is 29.9 Å². The smallest absolute Gasteiger partial charge is 0.412 e. The van der Waals surface area contributed by atoms with Gasteiger partial charge in [0.2, 0.25) is 6.23 Å². The fraction of sp³-hybridized carbons (Fsp3) is 0.294. The molecule has 2 atom stereocenters. The van der Waals surface area contributed by atoms with Crippen LogP contribution >= 0.6 is 34.8 Å². The molecule has 8 heterocycles. The van der Waals surface area contributed by atoms with Gasteiger partial charge in [-0.2, -0.15) is 0 Å². The molecule has 0 saturated carbocycles. The van der Waals surface area contributed by atoms with Gasteiger partial charge >= 0.3 is 23.5 Å². The van der Waals surface area contributed by atoms with Crippen molar-refractivity contribution in [3.8, 4) is 0 Å². The second-order valence-electron chi connectivity index (χ2n) is 12.6. The normalized spacial score (nSPS) is 18.2. The first kappa shape index (κ1) is 42.1. The number of carbonyl (C=O) groups excluding carboxylic acids is 6. The summed E-state index contributed by atoms with van der Waals surface area (Å²) in [5.41, 5.74) is 11.0. The number of amides is 8. The van der Waals surface area contributed by atoms with Gasteiger partial charge in [-0.3, -0.25) is 29.3 Å². The van der Waals surface area contributed by atoms with Crippen molar-refractivity contribution in [1.29, 1.82) is 0 Å². The van der Waals surface area contributed by atoms with E-state index in [0.717, 1.165) is 4.90 Å². The predicted octanol–water partition coefficient (Wildman–Crippen LogP) is 2.23. The van der Waals surface area contributed by atoms with Crippen LogP contribution in [0.15, 0.2) is 61.4 Å². The van der Waals surface area contributed by atoms with Gasteiger partial charge < -0.3 is 40.9 Å². The number of urea groups is 2. The SMILES string of the molecule is NC(=O)N1CCN(C(=O)Cl)CC1.NC(=O)N1CCN(C(=O)OC2c3nccnc3C(=O)N2c2ccc(Cl)cn2)CC1.O=C1c2nccnc2C(O)N1c1ccc(Cl)cn1. The van der Waals surface area contributed by atoms with Crippen LogP contribution in [0.3, 0.4) is 0 Å². The topological polar surface area (TPSA) is 281 Å². The predicted molar refractivity (Wildman–Crippen MR) is 207 cm³/mol. The monoisotopic (exact) mass is 870 g/mol. The Balaban J connectivity index is 0.000000165. The van der Waals surface area contributed by atoms with Gasteiger partial charge in [-0.25, -0.2) is 39.2 Å². The zero-order chi connectivity index (χ0) is 42.4. The fourth-order valence-corrected chi connectivity index (χ4v) is 6.44. The lowest BCUT2D eigenvalue weighted by atomic mass is 10.3. The third-order valence-corrected chi connectivity index (χ3v) is 9.76. The van der Waals surface area contributed by atoms with E-state index >= 15 is 0 Å². The first-order chi connectivity index (χ1) is 28.2. The first-order valence-electron chi connectivity index (χ1n) is 17.4. The summed E-state index contributed by atoms with van der Waals surface area (Å²) in [4.78, 5) is 103. The third kappa shape index (κ3) is 9.46. The molecular weight excluding hydrogens is 839 g/mol. The Morgan fingerprint density at radius 1 is 0.610 bits per heavy atom. The van der Waals surface area contributed by atoms with Crippen LogP contribution in [0.2, 0.25) is 10.0 Å². The van der Waals surface area contributed by atoms with Crippen LogP contribution in [-0.4, -0.2) is 142 Å². The summed E-state index contributed by atoms with van der Waals surface area (Å²) in [7, 11) is 0. The Morgan fingerprint density at radius 3 is 1.49 bits per heavy atom. The van der Waals surface area contributed by atoms with E-state index < -0.39 is 47.8 Å². The van der Waals surface area contributed by atoms with E-state index in [9.17, 15) is 33.9 Å². The van der Waals surface area contributed by atoms with E-state index in [-0.39, 0.29) is 41.7 Å². The maximum atomic E-state index is 12.9. The molecule has 0 bridgehead atoms. The van der Waals surface area contributed by atoms with Crippen molar-refractivity contribution in [1.82, 2.24) is 49.5 Å². The van der Waals surface area contributed by atoms with E-state index in [0.29, 0.717) is 55.1 Å². The summed E-state index contributed by atoms with van der Waals surface area (Å²) >= 11 is 16.8. The molecule has 4 aliphatic rings. The first-order valence-corrected chi connectivity index (χ1v) is 18.6. The van der Waals surface area contributed by atoms with Crippen LogP contribution in [0, 0.1) is 0 Å². The van der Waals surface area contributed by atoms with Gasteiger partial charge in [-0.05, 0) is 35.9 Å². The highest BCUT2D eigenvalue weighted by atomic mass is 35.5. The number of nitrogens with zero attached hydrogens (tertiary/aromatic N) is 12. The molecule has 2 fully saturated rings. The quantitative estimate of drug-likeness (QED) is 0.197. The molecular formula is C34H33Cl3N14O8. The lowest BCUT2D eigenvalue weighted by Gasteiger charge is -2.34. The highest BCUT2D eigenvalue weighted by Crippen LogP contribution is 2.36. The van der Waals surface area contributed by atoms with Crippen molar-refractivity contribution in [3.05, 3.63) is 94.3 Å². The van der Waals surface area contributed by atoms with Crippen LogP contribution in [-0.2, 0) is 4.74 Å². The number of primary amides is 2. The molecule has 4 aliphatic heterocycles. The van der Waals surface area contributed by atoms with Crippen molar-refractivity contribution in [3.63, 3.8) is 0 Å². The summed E-state index contributed by atoms with van der Waals surface area (Å²) in [6.45, 7) is 2.97. The zero-order valence-electron chi connectivity index (χ0n) is 30.5. The Kier molecular flexibility index (Phi) is 13.1. The summed E-state index contributed by atoms with van der Waals surface area (Å²) in [5, 5.41) is 10.4. The lowest BCUT2D eigenvalue weighted by Crippen LogP contribution is -2.52. The number of carbonyl (C=O) groups is 6. The van der Waals surface area contributed by atoms with Gasteiger partial charge in [-0.1, -0.05) is 23.2 Å². The maximum absolute atomic E-state index is 12.9. The lowest BCUT2D eigenvalue weighted by molar-refractivity contribution is 0.0485. The van der Waals surface area contributed by atoms with Gasteiger partial charge in [0.25, 0.3) is 11.8 Å². The molecule has 0 spiro atoms. The number of aromatic nitrogens is 6. The number of anilines is 2. The summed E-state index contributed by atoms with van der Waals surface area (Å²) in [6, 6.07) is 5.27. The van der Waals surface area contributed by atoms with Crippen molar-refractivity contribution in [2.45, 2.75) is 12.5 Å². The van der Waals surface area contributed by atoms with Gasteiger partial charge in [-0.15, -0.1) is 0 Å². The zero-order valence-corrected chi connectivity index (χ0v) is 32.8. The van der Waals surface area contributed by atoms with E-state index in [1.54, 1.807) is 24.3 Å². The summed E-state index contributed by atoms with van der Waals surface area (Å²) in [5.74, 6) is -0.369. The molecule has 4 aromatic heterocycles. The number of fused-ring (bicyclic) bond motifs is 2. The van der Waals surface area contributed by atoms with Gasteiger partial charge in [0.15, 0.2) is 17.6 Å². The Hall–Kier alpha value is -6.49. The molecule has 25 heteroatoms. The molecule has 2 unspecified atom stereocenters. The number of aliphatic hydroxyl groups is 1. The van der Waals surface area contributed by atoms with Gasteiger partial charge in [0.05, 0.1) is 10.0 Å². The third-order valence-electron chi connectivity index (χ3n) is 9.07. The van der Waals surface area contributed by atoms with Crippen LogP contribution in [0.4, 0.5) is 30.8 Å². The van der Waals surface area contributed by atoms with Crippen molar-refractivity contribution in [2.75, 3.05) is 62.2 Å². The minimum atomic E-state index is -1.17. The molecule has 4 aromatic rings. The van der Waals surface area contributed by atoms with Gasteiger partial charge in [0, 0.05) is 89.5 Å². The van der Waals surface area contributed by atoms with E-state index in [4.69, 9.17) is 51.0 Å². The number of halogens is 3. The summed E-state index contributed by atoms with van der Waals surface area (Å²) < 4.78 is 5.62. The van der Waals surface area contributed by atoms with Crippen molar-refractivity contribution < 1.29 is 38.6 Å². The van der Waals surface area contributed by atoms with Gasteiger partial charge in [0.1, 0.15) is 23.0 Å². The second-order valence-corrected chi connectivity index (χ2v) is 13.8. The van der Waals surface area contributed by atoms with Crippen LogP contribution in [0.1, 0.15) is 44.8 Å². The highest BCUT2D eigenvalue weighted by Gasteiger charge is 2.44. The summed E-state index contributed by atoms with van der Waals surface area (Å²) in [6.07, 6.45) is 5.47. The molecule has 5 N–H and O–H groups in total. The molecule has 0 aromatic carbocycles. The Labute approximate surface area is 349 Å². The van der Waals surface area contributed by atoms with Crippen LogP contribution in [0.5, 0.6) is 0 Å². The van der Waals surface area contributed by atoms with Crippen LogP contribution in [0.25, 0.3) is 0 Å². The van der Waals surface area contributed by atoms with Crippen molar-refractivity contribution >= 4 is 81.8 Å². The largest absolute Gasteiger partial charge is 0.419 e. The molecule has 8 rings (SSSR count). The average Bonchev–Trinajstić information content (AvgIpc) is 3.66. The molecule has 59 heavy (non-hydrogen) atoms. The molecule has 0 radical (unpaired) electrons. The number of aliphatic hydroxyl groups excluding tert-OH is 1. The average molecular weight is 872 g/mol. The minimum Gasteiger partial charge on any atom is -0.419 e. The standard InChI is InChI=1S/C17H16ClN7O4.C11H7ClN4O2.C6H10ClN3O2/c18-10-1-2-11(22-9-10)25-14(26)12-13(21-4-3-20-12)15(25)29-17(28)24-7-5-23(6-8-24)16(19)27;12-6-1-2-7(15-5-6)16-10(17)8-9(11(16)18)14-4-3-13-8;7-5(11)9-1-3-10(4-2-9)6(8)12/h1-4,9,15H,5-8H2,(H2,19,27);1-5,10,17H;1-4H2,(H2,8,12). The molecule has 2 saturated heterocycles. The molecule has 22 nitrogen and oxygen atoms in total. The number of hydrogen-bond donors (Lipinski definition) is 3. The number of pyridine rings is 2. The van der Waals surface area contributed by atoms with E-state index in [1.165, 1.54) is 61.7 Å².